The Bertz CT molecular complexity index is 591. The molecule has 0 saturated carbocycles. The van der Waals surface area contributed by atoms with Crippen LogP contribution in [0.3, 0.4) is 0 Å². The number of carboxylic acids is 1. The second-order valence-electron chi connectivity index (χ2n) is 3.36. The van der Waals surface area contributed by atoms with Crippen LogP contribution in [0.1, 0.15) is 26.1 Å². The molecule has 18 heavy (non-hydrogen) atoms. The smallest absolute Gasteiger partial charge is 0.355 e. The number of nitrogens with one attached hydrogen (secondary N) is 1. The van der Waals surface area contributed by atoms with Gasteiger partial charge >= 0.3 is 5.97 Å². The Kier molecular flexibility index (Phi) is 3.33. The lowest BCUT2D eigenvalue weighted by molar-refractivity contribution is 0.0691. The van der Waals surface area contributed by atoms with Crippen molar-refractivity contribution in [3.63, 3.8) is 0 Å². The maximum absolute atomic E-state index is 11.6. The number of hydrogen-bond acceptors (Lipinski definition) is 6. The third kappa shape index (κ3) is 2.69. The number of aryl methyl sites for hydroxylation is 1. The fourth-order valence-electron chi connectivity index (χ4n) is 1.18. The quantitative estimate of drug-likeness (QED) is 0.800. The molecular weight excluding hydrogens is 258 g/mol. The zero-order valence-corrected chi connectivity index (χ0v) is 10.1. The molecule has 0 spiro atoms. The van der Waals surface area contributed by atoms with E-state index >= 15 is 0 Å². The molecule has 1 amide bonds. The summed E-state index contributed by atoms with van der Waals surface area (Å²) in [4.78, 5) is 29.9. The van der Waals surface area contributed by atoms with Gasteiger partial charge in [0.05, 0.1) is 6.54 Å². The lowest BCUT2D eigenvalue weighted by Crippen LogP contribution is -2.23. The van der Waals surface area contributed by atoms with Crippen LogP contribution in [0, 0.1) is 0 Å². The van der Waals surface area contributed by atoms with Gasteiger partial charge in [0.25, 0.3) is 5.91 Å². The van der Waals surface area contributed by atoms with Gasteiger partial charge in [-0.2, -0.15) is 5.10 Å². The van der Waals surface area contributed by atoms with E-state index in [0.29, 0.717) is 5.82 Å². The van der Waals surface area contributed by atoms with Crippen LogP contribution in [-0.4, -0.2) is 36.7 Å². The number of rotatable bonds is 4. The van der Waals surface area contributed by atoms with Crippen LogP contribution in [0.2, 0.25) is 0 Å². The molecule has 2 rings (SSSR count). The lowest BCUT2D eigenvalue weighted by atomic mass is 10.5. The zero-order valence-electron chi connectivity index (χ0n) is 9.32. The van der Waals surface area contributed by atoms with Crippen molar-refractivity contribution in [2.24, 2.45) is 7.05 Å². The molecule has 94 valence electrons. The van der Waals surface area contributed by atoms with Gasteiger partial charge in [-0.3, -0.25) is 9.48 Å². The zero-order chi connectivity index (χ0) is 13.1. The largest absolute Gasteiger partial charge is 0.476 e. The monoisotopic (exact) mass is 267 g/mol. The molecule has 0 unspecified atom stereocenters. The maximum atomic E-state index is 11.6. The van der Waals surface area contributed by atoms with Crippen LogP contribution in [0.15, 0.2) is 11.7 Å². The number of amides is 1. The maximum Gasteiger partial charge on any atom is 0.355 e. The van der Waals surface area contributed by atoms with E-state index in [1.54, 1.807) is 7.05 Å². The van der Waals surface area contributed by atoms with Gasteiger partial charge < -0.3 is 10.4 Å². The molecule has 0 atom stereocenters. The molecule has 8 nitrogen and oxygen atoms in total. The minimum atomic E-state index is -1.16. The second kappa shape index (κ2) is 4.92. The number of nitrogens with zero attached hydrogens (tertiary/aromatic N) is 4. The predicted octanol–water partition coefficient (Wildman–Crippen LogP) is -0.100. The van der Waals surface area contributed by atoms with E-state index < -0.39 is 11.9 Å². The van der Waals surface area contributed by atoms with Crippen molar-refractivity contribution in [1.82, 2.24) is 25.1 Å². The Balaban J connectivity index is 1.97. The average molecular weight is 267 g/mol. The summed E-state index contributed by atoms with van der Waals surface area (Å²) in [7, 11) is 1.72. The minimum absolute atomic E-state index is 0.100. The van der Waals surface area contributed by atoms with E-state index in [1.807, 2.05) is 0 Å². The van der Waals surface area contributed by atoms with Crippen LogP contribution in [0.5, 0.6) is 0 Å². The molecule has 2 aromatic rings. The van der Waals surface area contributed by atoms with Crippen LogP contribution in [-0.2, 0) is 13.6 Å². The van der Waals surface area contributed by atoms with Crippen LogP contribution >= 0.6 is 11.3 Å². The predicted molar refractivity (Wildman–Crippen MR) is 61.2 cm³/mol. The highest BCUT2D eigenvalue weighted by molar-refractivity contribution is 7.11. The Morgan fingerprint density at radius 3 is 2.89 bits per heavy atom. The van der Waals surface area contributed by atoms with E-state index in [0.717, 1.165) is 11.3 Å². The molecule has 0 aliphatic heterocycles. The van der Waals surface area contributed by atoms with E-state index in [9.17, 15) is 9.59 Å². The molecule has 0 fully saturated rings. The van der Waals surface area contributed by atoms with Crippen molar-refractivity contribution in [2.75, 3.05) is 0 Å². The van der Waals surface area contributed by atoms with E-state index in [-0.39, 0.29) is 17.2 Å². The molecular formula is C9H9N5O3S. The van der Waals surface area contributed by atoms with Gasteiger partial charge in [-0.1, -0.05) is 0 Å². The normalized spacial score (nSPS) is 10.3. The van der Waals surface area contributed by atoms with Crippen molar-refractivity contribution in [3.05, 3.63) is 28.2 Å². The highest BCUT2D eigenvalue weighted by Crippen LogP contribution is 2.09. The molecule has 0 aromatic carbocycles. The summed E-state index contributed by atoms with van der Waals surface area (Å²) >= 11 is 0.976. The third-order valence-corrected chi connectivity index (χ3v) is 2.81. The van der Waals surface area contributed by atoms with Crippen LogP contribution in [0.4, 0.5) is 0 Å². The number of hydrogen-bond donors (Lipinski definition) is 2. The Hall–Kier alpha value is -2.29. The third-order valence-electron chi connectivity index (χ3n) is 1.97. The fourth-order valence-corrected chi connectivity index (χ4v) is 1.88. The molecule has 0 radical (unpaired) electrons. The molecule has 2 N–H and O–H groups in total. The molecule has 2 heterocycles. The Morgan fingerprint density at radius 2 is 2.33 bits per heavy atom. The number of carboxylic acid groups (broad SMARTS) is 1. The molecule has 0 aliphatic carbocycles. The van der Waals surface area contributed by atoms with Crippen molar-refractivity contribution in [2.45, 2.75) is 6.54 Å². The second-order valence-corrected chi connectivity index (χ2v) is 4.22. The highest BCUT2D eigenvalue weighted by Gasteiger charge is 2.14. The summed E-state index contributed by atoms with van der Waals surface area (Å²) in [5.74, 6) is -1.13. The van der Waals surface area contributed by atoms with Gasteiger partial charge in [0, 0.05) is 12.4 Å². The first kappa shape index (κ1) is 12.2. The van der Waals surface area contributed by atoms with E-state index in [1.165, 1.54) is 16.4 Å². The SMILES string of the molecule is Cn1cnc(CNC(=O)c2nc(C(=O)O)cs2)n1. The molecule has 0 bridgehead atoms. The van der Waals surface area contributed by atoms with Gasteiger partial charge in [0.1, 0.15) is 6.33 Å². The number of carbonyl (C=O) groups is 2. The Morgan fingerprint density at radius 1 is 1.56 bits per heavy atom. The topological polar surface area (TPSA) is 110 Å². The summed E-state index contributed by atoms with van der Waals surface area (Å²) in [6, 6.07) is 0. The summed E-state index contributed by atoms with van der Waals surface area (Å²) < 4.78 is 1.52. The van der Waals surface area contributed by atoms with Crippen molar-refractivity contribution < 1.29 is 14.7 Å². The van der Waals surface area contributed by atoms with Crippen LogP contribution in [0.25, 0.3) is 0 Å². The number of aromatic nitrogens is 4. The van der Waals surface area contributed by atoms with Gasteiger partial charge in [0.15, 0.2) is 16.5 Å². The molecule has 0 aliphatic rings. The van der Waals surface area contributed by atoms with Crippen molar-refractivity contribution in [3.8, 4) is 0 Å². The molecule has 9 heteroatoms. The van der Waals surface area contributed by atoms with Gasteiger partial charge in [-0.15, -0.1) is 11.3 Å². The van der Waals surface area contributed by atoms with Gasteiger partial charge in [0.2, 0.25) is 0 Å². The summed E-state index contributed by atoms with van der Waals surface area (Å²) in [6.07, 6.45) is 1.52. The molecule has 2 aromatic heterocycles. The Labute approximate surface area is 105 Å². The van der Waals surface area contributed by atoms with Gasteiger partial charge in [-0.05, 0) is 0 Å². The van der Waals surface area contributed by atoms with Crippen molar-refractivity contribution >= 4 is 23.2 Å². The number of aromatic carboxylic acids is 1. The fraction of sp³-hybridized carbons (Fsp3) is 0.222. The highest BCUT2D eigenvalue weighted by atomic mass is 32.1. The van der Waals surface area contributed by atoms with Gasteiger partial charge in [-0.25, -0.2) is 14.8 Å². The first-order chi connectivity index (χ1) is 8.56. The van der Waals surface area contributed by atoms with Crippen LogP contribution < -0.4 is 5.32 Å². The summed E-state index contributed by atoms with van der Waals surface area (Å²) in [6.45, 7) is 0.168. The average Bonchev–Trinajstić information content (AvgIpc) is 2.94. The summed E-state index contributed by atoms with van der Waals surface area (Å²) in [5, 5.41) is 16.6. The first-order valence-electron chi connectivity index (χ1n) is 4.88. The van der Waals surface area contributed by atoms with Crippen molar-refractivity contribution in [1.29, 1.82) is 0 Å². The summed E-state index contributed by atoms with van der Waals surface area (Å²) in [5.41, 5.74) is -0.138. The standard InChI is InChI=1S/C9H9N5O3S/c1-14-4-11-6(13-14)2-10-7(15)8-12-5(3-18-8)9(16)17/h3-4H,2H2,1H3,(H,10,15)(H,16,17). The number of thiazole rings is 1. The lowest BCUT2D eigenvalue weighted by Gasteiger charge is -1.98. The minimum Gasteiger partial charge on any atom is -0.476 e. The first-order valence-corrected chi connectivity index (χ1v) is 5.76. The molecule has 0 saturated heterocycles. The van der Waals surface area contributed by atoms with E-state index in [4.69, 9.17) is 5.11 Å². The van der Waals surface area contributed by atoms with E-state index in [2.05, 4.69) is 20.4 Å². The number of carbonyl (C=O) groups excluding carboxylic acids is 1.